The van der Waals surface area contributed by atoms with Crippen molar-refractivity contribution in [3.05, 3.63) is 35.4 Å². The van der Waals surface area contributed by atoms with Crippen molar-refractivity contribution in [3.63, 3.8) is 0 Å². The van der Waals surface area contributed by atoms with Crippen molar-refractivity contribution in [2.75, 3.05) is 0 Å². The third-order valence-corrected chi connectivity index (χ3v) is 5.23. The molecule has 1 fully saturated rings. The molecular weight excluding hydrogens is 283 g/mol. The molecule has 74 valence electrons. The number of benzene rings is 1. The fourth-order valence-corrected chi connectivity index (χ4v) is 4.20. The minimum Gasteiger partial charge on any atom is -0.101 e. The summed E-state index contributed by atoms with van der Waals surface area (Å²) in [4.78, 5) is 0.416. The lowest BCUT2D eigenvalue weighted by atomic mass is 9.92. The van der Waals surface area contributed by atoms with Crippen molar-refractivity contribution in [1.29, 1.82) is 0 Å². The van der Waals surface area contributed by atoms with Gasteiger partial charge >= 0.3 is 0 Å². The van der Waals surface area contributed by atoms with Crippen LogP contribution in [0.5, 0.6) is 0 Å². The van der Waals surface area contributed by atoms with Gasteiger partial charge in [0.15, 0.2) is 0 Å². The fraction of sp³-hybridized carbons (Fsp3) is 0.455. The van der Waals surface area contributed by atoms with Crippen molar-refractivity contribution >= 4 is 39.1 Å². The first kappa shape index (κ1) is 9.50. The number of rotatable bonds is 0. The predicted octanol–water partition coefficient (Wildman–Crippen LogP) is 4.41. The molecule has 0 amide bonds. The number of fused-ring (bicyclic) bond motifs is 3. The summed E-state index contributed by atoms with van der Waals surface area (Å²) in [6, 6.07) is 8.43. The van der Waals surface area contributed by atoms with E-state index in [1.165, 1.54) is 11.1 Å². The van der Waals surface area contributed by atoms with Crippen LogP contribution in [0.25, 0.3) is 0 Å². The van der Waals surface area contributed by atoms with E-state index in [-0.39, 0.29) is 0 Å². The summed E-state index contributed by atoms with van der Waals surface area (Å²) in [7, 11) is 0. The molecular formula is C11H9BrCl2. The molecule has 3 unspecified atom stereocenters. The van der Waals surface area contributed by atoms with Gasteiger partial charge in [0.05, 0.1) is 0 Å². The van der Waals surface area contributed by atoms with E-state index in [4.69, 9.17) is 23.2 Å². The average Bonchev–Trinajstić information content (AvgIpc) is 2.70. The van der Waals surface area contributed by atoms with Crippen LogP contribution in [0.15, 0.2) is 24.3 Å². The van der Waals surface area contributed by atoms with E-state index < -0.39 is 4.33 Å². The molecule has 0 saturated heterocycles. The number of hydrogen-bond acceptors (Lipinski definition) is 0. The SMILES string of the molecule is ClC1(Cl)C2CC(Br)c3ccccc3C21. The summed E-state index contributed by atoms with van der Waals surface area (Å²) in [5, 5.41) is 0. The maximum Gasteiger partial charge on any atom is 0.129 e. The standard InChI is InChI=1S/C11H9BrCl2/c12-9-5-8-10(11(8,13)14)7-4-2-1-3-6(7)9/h1-4,8-10H,5H2. The molecule has 0 N–H and O–H groups in total. The number of halogens is 3. The van der Waals surface area contributed by atoms with Crippen LogP contribution >= 0.6 is 39.1 Å². The van der Waals surface area contributed by atoms with E-state index in [0.29, 0.717) is 16.7 Å². The molecule has 3 atom stereocenters. The van der Waals surface area contributed by atoms with Gasteiger partial charge in [0.2, 0.25) is 0 Å². The molecule has 3 heteroatoms. The Morgan fingerprint density at radius 1 is 1.21 bits per heavy atom. The first-order valence-electron chi connectivity index (χ1n) is 4.73. The molecule has 2 aliphatic carbocycles. The zero-order valence-corrected chi connectivity index (χ0v) is 10.5. The van der Waals surface area contributed by atoms with Crippen LogP contribution in [0.2, 0.25) is 0 Å². The van der Waals surface area contributed by atoms with Crippen molar-refractivity contribution in [2.45, 2.75) is 21.5 Å². The lowest BCUT2D eigenvalue weighted by Crippen LogP contribution is -2.03. The Bertz CT molecular complexity index is 389. The number of hydrogen-bond donors (Lipinski definition) is 0. The normalized spacial score (nSPS) is 37.2. The minimum absolute atomic E-state index is 0.357. The molecule has 0 aromatic heterocycles. The Morgan fingerprint density at radius 3 is 2.57 bits per heavy atom. The van der Waals surface area contributed by atoms with Crippen molar-refractivity contribution < 1.29 is 0 Å². The van der Waals surface area contributed by atoms with E-state index in [1.54, 1.807) is 0 Å². The van der Waals surface area contributed by atoms with Crippen LogP contribution in [0.1, 0.15) is 28.3 Å². The van der Waals surface area contributed by atoms with Gasteiger partial charge in [-0.15, -0.1) is 23.2 Å². The quantitative estimate of drug-likeness (QED) is 0.621. The second kappa shape index (κ2) is 2.90. The fourth-order valence-electron chi connectivity index (χ4n) is 2.54. The topological polar surface area (TPSA) is 0 Å². The predicted molar refractivity (Wildman–Crippen MR) is 63.4 cm³/mol. The molecule has 0 aliphatic heterocycles. The summed E-state index contributed by atoms with van der Waals surface area (Å²) in [5.74, 6) is 0.793. The summed E-state index contributed by atoms with van der Waals surface area (Å²) < 4.78 is -0.515. The maximum atomic E-state index is 6.25. The van der Waals surface area contributed by atoms with Crippen LogP contribution in [-0.2, 0) is 0 Å². The highest BCUT2D eigenvalue weighted by Gasteiger charge is 2.66. The van der Waals surface area contributed by atoms with E-state index in [2.05, 4.69) is 40.2 Å². The van der Waals surface area contributed by atoms with Crippen molar-refractivity contribution in [3.8, 4) is 0 Å². The molecule has 0 radical (unpaired) electrons. The minimum atomic E-state index is -0.515. The van der Waals surface area contributed by atoms with Gasteiger partial charge in [-0.25, -0.2) is 0 Å². The summed E-state index contributed by atoms with van der Waals surface area (Å²) in [6.45, 7) is 0. The Morgan fingerprint density at radius 2 is 1.86 bits per heavy atom. The van der Waals surface area contributed by atoms with Gasteiger partial charge in [-0.05, 0) is 17.5 Å². The number of alkyl halides is 3. The van der Waals surface area contributed by atoms with Crippen LogP contribution in [0.3, 0.4) is 0 Å². The monoisotopic (exact) mass is 290 g/mol. The summed E-state index contributed by atoms with van der Waals surface area (Å²) >= 11 is 16.2. The second-order valence-electron chi connectivity index (χ2n) is 4.09. The molecule has 0 spiro atoms. The van der Waals surface area contributed by atoms with Crippen molar-refractivity contribution in [2.24, 2.45) is 5.92 Å². The third-order valence-electron chi connectivity index (χ3n) is 3.33. The lowest BCUT2D eigenvalue weighted by Gasteiger charge is -2.18. The van der Waals surface area contributed by atoms with Gasteiger partial charge in [0.1, 0.15) is 4.33 Å². The van der Waals surface area contributed by atoms with E-state index in [9.17, 15) is 0 Å². The van der Waals surface area contributed by atoms with Gasteiger partial charge in [-0.1, -0.05) is 40.2 Å². The largest absolute Gasteiger partial charge is 0.129 e. The van der Waals surface area contributed by atoms with Crippen LogP contribution in [-0.4, -0.2) is 4.33 Å². The van der Waals surface area contributed by atoms with E-state index >= 15 is 0 Å². The average molecular weight is 292 g/mol. The smallest absolute Gasteiger partial charge is 0.101 e. The molecule has 3 rings (SSSR count). The van der Waals surface area contributed by atoms with Crippen LogP contribution in [0, 0.1) is 5.92 Å². The third kappa shape index (κ3) is 1.12. The Kier molecular flexibility index (Phi) is 1.97. The molecule has 0 heterocycles. The first-order valence-corrected chi connectivity index (χ1v) is 6.40. The Hall–Kier alpha value is 0.280. The summed E-state index contributed by atoms with van der Waals surface area (Å²) in [6.07, 6.45) is 1.05. The molecule has 1 aromatic carbocycles. The lowest BCUT2D eigenvalue weighted by molar-refractivity contribution is 0.660. The molecule has 14 heavy (non-hydrogen) atoms. The van der Waals surface area contributed by atoms with Gasteiger partial charge in [-0.3, -0.25) is 0 Å². The highest BCUT2D eigenvalue weighted by molar-refractivity contribution is 9.09. The van der Waals surface area contributed by atoms with E-state index in [0.717, 1.165) is 6.42 Å². The van der Waals surface area contributed by atoms with Crippen LogP contribution < -0.4 is 0 Å². The summed E-state index contributed by atoms with van der Waals surface area (Å²) in [5.41, 5.74) is 2.69. The van der Waals surface area contributed by atoms with Gasteiger partial charge in [0, 0.05) is 16.7 Å². The van der Waals surface area contributed by atoms with E-state index in [1.807, 2.05) is 0 Å². The van der Waals surface area contributed by atoms with Crippen molar-refractivity contribution in [1.82, 2.24) is 0 Å². The van der Waals surface area contributed by atoms with Crippen LogP contribution in [0.4, 0.5) is 0 Å². The highest BCUT2D eigenvalue weighted by Crippen LogP contribution is 2.71. The Balaban J connectivity index is 2.13. The first-order chi connectivity index (χ1) is 6.62. The highest BCUT2D eigenvalue weighted by atomic mass is 79.9. The molecule has 2 aliphatic rings. The zero-order valence-electron chi connectivity index (χ0n) is 7.38. The van der Waals surface area contributed by atoms with Gasteiger partial charge in [0.25, 0.3) is 0 Å². The molecule has 1 saturated carbocycles. The van der Waals surface area contributed by atoms with Gasteiger partial charge in [-0.2, -0.15) is 0 Å². The van der Waals surface area contributed by atoms with Gasteiger partial charge < -0.3 is 0 Å². The molecule has 1 aromatic rings. The maximum absolute atomic E-state index is 6.25. The molecule has 0 nitrogen and oxygen atoms in total. The second-order valence-corrected chi connectivity index (χ2v) is 6.64. The Labute approximate surface area is 102 Å². The molecule has 0 bridgehead atoms. The zero-order chi connectivity index (χ0) is 9.92.